The largest absolute Gasteiger partial charge is 0.493 e. The summed E-state index contributed by atoms with van der Waals surface area (Å²) in [5, 5.41) is 5.50. The molecule has 6 heteroatoms. The van der Waals surface area contributed by atoms with E-state index < -0.39 is 0 Å². The van der Waals surface area contributed by atoms with Crippen LogP contribution in [0.3, 0.4) is 0 Å². The van der Waals surface area contributed by atoms with Gasteiger partial charge in [-0.25, -0.2) is 9.78 Å². The molecule has 0 unspecified atom stereocenters. The van der Waals surface area contributed by atoms with Crippen LogP contribution in [0.25, 0.3) is 49.0 Å². The Hall–Kier alpha value is -4.45. The van der Waals surface area contributed by atoms with Gasteiger partial charge in [0.2, 0.25) is 0 Å². The third-order valence-corrected chi connectivity index (χ3v) is 8.28. The molecule has 1 aliphatic carbocycles. The van der Waals surface area contributed by atoms with Crippen LogP contribution in [0, 0.1) is 11.8 Å². The van der Waals surface area contributed by atoms with Crippen LogP contribution in [0.2, 0.25) is 0 Å². The van der Waals surface area contributed by atoms with E-state index in [1.54, 1.807) is 4.40 Å². The standard InChI is InChI=1S/C33H28N2O4/c1-2-29(36)39-19-21-14-12-20(13-15-21)18-38-28-17-16-24-31-23(28)8-5-9-25(31)33(37)35-27-11-4-7-22-6-3-10-26(30(22)27)34-32(24)35/h2-11,16-17,20-21H,1,12-15,18-19H2. The van der Waals surface area contributed by atoms with Gasteiger partial charge in [0, 0.05) is 33.0 Å². The zero-order valence-corrected chi connectivity index (χ0v) is 21.6. The maximum Gasteiger partial charge on any atom is 0.330 e. The SMILES string of the molecule is C=CC(=O)OCC1CCC(COc2ccc3c4c2cccc4c(=O)n2c4cccc5cccc(nc32)c54)CC1. The minimum atomic E-state index is -0.356. The van der Waals surface area contributed by atoms with Crippen molar-refractivity contribution in [3.05, 3.63) is 89.7 Å². The van der Waals surface area contributed by atoms with Crippen LogP contribution in [-0.4, -0.2) is 28.6 Å². The highest BCUT2D eigenvalue weighted by Crippen LogP contribution is 2.37. The summed E-state index contributed by atoms with van der Waals surface area (Å²) in [4.78, 5) is 30.3. The molecule has 39 heavy (non-hydrogen) atoms. The van der Waals surface area contributed by atoms with E-state index in [1.807, 2.05) is 54.6 Å². The Morgan fingerprint density at radius 3 is 2.38 bits per heavy atom. The fourth-order valence-corrected chi connectivity index (χ4v) is 6.27. The third-order valence-electron chi connectivity index (χ3n) is 8.28. The molecule has 0 atom stereocenters. The van der Waals surface area contributed by atoms with Crippen molar-refractivity contribution in [1.29, 1.82) is 0 Å². The maximum atomic E-state index is 13.9. The monoisotopic (exact) mass is 516 g/mol. The number of pyridine rings is 1. The van der Waals surface area contributed by atoms with Crippen molar-refractivity contribution in [2.45, 2.75) is 25.7 Å². The molecular formula is C33H28N2O4. The van der Waals surface area contributed by atoms with Gasteiger partial charge in [0.15, 0.2) is 0 Å². The van der Waals surface area contributed by atoms with E-state index in [-0.39, 0.29) is 11.5 Å². The summed E-state index contributed by atoms with van der Waals surface area (Å²) in [5.74, 6) is 1.27. The maximum absolute atomic E-state index is 13.9. The van der Waals surface area contributed by atoms with Crippen LogP contribution in [0.1, 0.15) is 25.7 Å². The number of ether oxygens (including phenoxy) is 2. The average molecular weight is 517 g/mol. The lowest BCUT2D eigenvalue weighted by atomic mass is 9.83. The number of hydrogen-bond acceptors (Lipinski definition) is 5. The second kappa shape index (κ2) is 9.38. The van der Waals surface area contributed by atoms with Crippen LogP contribution in [-0.2, 0) is 9.53 Å². The van der Waals surface area contributed by atoms with Crippen molar-refractivity contribution in [1.82, 2.24) is 9.38 Å². The molecule has 2 heterocycles. The molecule has 1 aliphatic rings. The molecule has 2 aromatic heterocycles. The Morgan fingerprint density at radius 1 is 0.872 bits per heavy atom. The van der Waals surface area contributed by atoms with E-state index in [0.717, 1.165) is 69.4 Å². The van der Waals surface area contributed by atoms with Crippen molar-refractivity contribution >= 4 is 55.0 Å². The summed E-state index contributed by atoms with van der Waals surface area (Å²) in [5.41, 5.74) is 2.35. The van der Waals surface area contributed by atoms with E-state index in [9.17, 15) is 9.59 Å². The van der Waals surface area contributed by atoms with Gasteiger partial charge in [0.25, 0.3) is 5.56 Å². The number of rotatable bonds is 6. The number of benzene rings is 4. The smallest absolute Gasteiger partial charge is 0.330 e. The predicted octanol–water partition coefficient (Wildman–Crippen LogP) is 6.66. The minimum absolute atomic E-state index is 0.0681. The molecular weight excluding hydrogens is 488 g/mol. The Morgan fingerprint density at radius 2 is 1.59 bits per heavy atom. The Bertz CT molecular complexity index is 1940. The van der Waals surface area contributed by atoms with Crippen molar-refractivity contribution in [3.8, 4) is 5.75 Å². The van der Waals surface area contributed by atoms with Crippen molar-refractivity contribution in [2.75, 3.05) is 13.2 Å². The number of aromatic nitrogens is 2. The van der Waals surface area contributed by atoms with Gasteiger partial charge in [0.1, 0.15) is 11.4 Å². The van der Waals surface area contributed by atoms with E-state index in [4.69, 9.17) is 14.5 Å². The lowest BCUT2D eigenvalue weighted by Gasteiger charge is -2.28. The molecule has 6 nitrogen and oxygen atoms in total. The zero-order chi connectivity index (χ0) is 26.5. The molecule has 0 bridgehead atoms. The van der Waals surface area contributed by atoms with Gasteiger partial charge in [-0.3, -0.25) is 9.20 Å². The molecule has 4 aromatic carbocycles. The molecule has 0 spiro atoms. The zero-order valence-electron chi connectivity index (χ0n) is 21.6. The van der Waals surface area contributed by atoms with Gasteiger partial charge in [-0.1, -0.05) is 43.0 Å². The fraction of sp³-hybridized carbons (Fsp3) is 0.242. The van der Waals surface area contributed by atoms with Crippen LogP contribution in [0.4, 0.5) is 0 Å². The van der Waals surface area contributed by atoms with Crippen molar-refractivity contribution in [2.24, 2.45) is 11.8 Å². The second-order valence-electron chi connectivity index (χ2n) is 10.6. The topological polar surface area (TPSA) is 69.9 Å². The third kappa shape index (κ3) is 3.90. The first kappa shape index (κ1) is 23.7. The molecule has 0 saturated heterocycles. The van der Waals surface area contributed by atoms with Crippen LogP contribution >= 0.6 is 0 Å². The Balaban J connectivity index is 1.24. The highest BCUT2D eigenvalue weighted by molar-refractivity contribution is 6.18. The number of nitrogens with zero attached hydrogens (tertiary/aromatic N) is 2. The molecule has 6 aromatic rings. The number of carbonyl (C=O) groups is 1. The molecule has 0 N–H and O–H groups in total. The first-order valence-corrected chi connectivity index (χ1v) is 13.6. The van der Waals surface area contributed by atoms with E-state index in [2.05, 4.69) is 18.7 Å². The molecule has 194 valence electrons. The van der Waals surface area contributed by atoms with Crippen molar-refractivity contribution in [3.63, 3.8) is 0 Å². The summed E-state index contributed by atoms with van der Waals surface area (Å²) in [6.07, 6.45) is 5.31. The summed E-state index contributed by atoms with van der Waals surface area (Å²) >= 11 is 0. The molecule has 0 amide bonds. The fourth-order valence-electron chi connectivity index (χ4n) is 6.27. The lowest BCUT2D eigenvalue weighted by molar-refractivity contribution is -0.139. The predicted molar refractivity (Wildman–Crippen MR) is 155 cm³/mol. The van der Waals surface area contributed by atoms with Crippen LogP contribution in [0.15, 0.2) is 84.2 Å². The van der Waals surface area contributed by atoms with Gasteiger partial charge in [0.05, 0.1) is 24.2 Å². The van der Waals surface area contributed by atoms with Gasteiger partial charge >= 0.3 is 5.97 Å². The van der Waals surface area contributed by atoms with Crippen LogP contribution < -0.4 is 10.3 Å². The molecule has 1 saturated carbocycles. The van der Waals surface area contributed by atoms with Gasteiger partial charge in [-0.05, 0) is 73.2 Å². The van der Waals surface area contributed by atoms with Gasteiger partial charge < -0.3 is 9.47 Å². The minimum Gasteiger partial charge on any atom is -0.493 e. The first-order chi connectivity index (χ1) is 19.1. The molecule has 1 fully saturated rings. The number of hydrogen-bond donors (Lipinski definition) is 0. The van der Waals surface area contributed by atoms with E-state index in [1.165, 1.54) is 6.08 Å². The average Bonchev–Trinajstić information content (AvgIpc) is 2.98. The van der Waals surface area contributed by atoms with Gasteiger partial charge in [-0.15, -0.1) is 0 Å². The van der Waals surface area contributed by atoms with Crippen molar-refractivity contribution < 1.29 is 14.3 Å². The van der Waals surface area contributed by atoms with Gasteiger partial charge in [-0.2, -0.15) is 0 Å². The Kier molecular flexibility index (Phi) is 5.69. The van der Waals surface area contributed by atoms with Crippen LogP contribution in [0.5, 0.6) is 5.75 Å². The normalized spacial score (nSPS) is 17.8. The number of carbonyl (C=O) groups excluding carboxylic acids is 1. The number of esters is 1. The highest BCUT2D eigenvalue weighted by Gasteiger charge is 2.23. The summed E-state index contributed by atoms with van der Waals surface area (Å²) < 4.78 is 13.4. The quantitative estimate of drug-likeness (QED) is 0.107. The summed E-state index contributed by atoms with van der Waals surface area (Å²) in [6, 6.07) is 22.0. The lowest BCUT2D eigenvalue weighted by Crippen LogP contribution is -2.23. The summed E-state index contributed by atoms with van der Waals surface area (Å²) in [7, 11) is 0. The molecule has 0 radical (unpaired) electrons. The first-order valence-electron chi connectivity index (χ1n) is 13.6. The molecule has 7 rings (SSSR count). The highest BCUT2D eigenvalue weighted by atomic mass is 16.5. The number of fused-ring (bicyclic) bond motifs is 3. The second-order valence-corrected chi connectivity index (χ2v) is 10.6. The summed E-state index contributed by atoms with van der Waals surface area (Å²) in [6.45, 7) is 4.53. The molecule has 0 aliphatic heterocycles. The van der Waals surface area contributed by atoms with E-state index in [0.29, 0.717) is 36.1 Å². The Labute approximate surface area is 224 Å². The van der Waals surface area contributed by atoms with E-state index >= 15 is 0 Å².